The monoisotopic (exact) mass is 295 g/mol. The summed E-state index contributed by atoms with van der Waals surface area (Å²) in [7, 11) is 0. The predicted molar refractivity (Wildman–Crippen MR) is 80.5 cm³/mol. The van der Waals surface area contributed by atoms with E-state index in [9.17, 15) is 5.11 Å². The molecular weight excluding hydrogens is 278 g/mol. The molecule has 0 saturated heterocycles. The summed E-state index contributed by atoms with van der Waals surface area (Å²) in [5, 5.41) is 10.8. The number of nitrogens with zero attached hydrogens (tertiary/aromatic N) is 2. The van der Waals surface area contributed by atoms with Gasteiger partial charge in [0.05, 0.1) is 11.6 Å². The van der Waals surface area contributed by atoms with Crippen molar-refractivity contribution in [1.82, 2.24) is 9.97 Å². The molecular formula is C14H18ClN3O2. The van der Waals surface area contributed by atoms with Crippen LogP contribution in [0.4, 0.5) is 5.82 Å². The molecule has 1 aromatic carbocycles. The van der Waals surface area contributed by atoms with E-state index < -0.39 is 0 Å². The first-order valence-corrected chi connectivity index (χ1v) is 6.84. The van der Waals surface area contributed by atoms with Crippen molar-refractivity contribution in [3.05, 3.63) is 16.9 Å². The van der Waals surface area contributed by atoms with E-state index in [1.54, 1.807) is 6.07 Å². The van der Waals surface area contributed by atoms with Crippen LogP contribution in [0, 0.1) is 0 Å². The number of fused-ring (bicyclic) bond motifs is 1. The van der Waals surface area contributed by atoms with E-state index in [2.05, 4.69) is 9.97 Å². The summed E-state index contributed by atoms with van der Waals surface area (Å²) in [6.07, 6.45) is -0.0912. The number of phenols is 1. The lowest BCUT2D eigenvalue weighted by Crippen LogP contribution is -2.07. The molecule has 0 saturated carbocycles. The topological polar surface area (TPSA) is 81.3 Å². The highest BCUT2D eigenvalue weighted by molar-refractivity contribution is 6.37. The number of phenolic OH excluding ortho intramolecular Hbond substituents is 1. The van der Waals surface area contributed by atoms with Crippen molar-refractivity contribution in [2.75, 3.05) is 5.73 Å². The number of ether oxygens (including phenoxy) is 1. The SMILES string of the molecule is CC(C)Oc1cc2c(N)nc(C(C)C)nc2c(Cl)c1O. The fraction of sp³-hybridized carbons (Fsp3) is 0.429. The maximum Gasteiger partial charge on any atom is 0.179 e. The van der Waals surface area contributed by atoms with Gasteiger partial charge in [0.15, 0.2) is 11.5 Å². The van der Waals surface area contributed by atoms with Crippen molar-refractivity contribution in [2.45, 2.75) is 39.7 Å². The van der Waals surface area contributed by atoms with Gasteiger partial charge in [-0.2, -0.15) is 0 Å². The molecule has 0 aliphatic rings. The van der Waals surface area contributed by atoms with E-state index in [1.807, 2.05) is 27.7 Å². The van der Waals surface area contributed by atoms with E-state index in [4.69, 9.17) is 22.1 Å². The van der Waals surface area contributed by atoms with Crippen LogP contribution in [0.3, 0.4) is 0 Å². The molecule has 0 radical (unpaired) electrons. The molecule has 1 aromatic heterocycles. The predicted octanol–water partition coefficient (Wildman–Crippen LogP) is 3.48. The number of rotatable bonds is 3. The molecule has 2 aromatic rings. The molecule has 0 spiro atoms. The van der Waals surface area contributed by atoms with Crippen molar-refractivity contribution < 1.29 is 9.84 Å². The normalized spacial score (nSPS) is 11.6. The van der Waals surface area contributed by atoms with Crippen LogP contribution in [0.5, 0.6) is 11.5 Å². The van der Waals surface area contributed by atoms with Gasteiger partial charge in [0.1, 0.15) is 16.7 Å². The van der Waals surface area contributed by atoms with Gasteiger partial charge in [-0.1, -0.05) is 25.4 Å². The molecule has 0 aliphatic carbocycles. The third-order valence-electron chi connectivity index (χ3n) is 2.80. The summed E-state index contributed by atoms with van der Waals surface area (Å²) < 4.78 is 5.52. The smallest absolute Gasteiger partial charge is 0.179 e. The molecule has 6 heteroatoms. The Morgan fingerprint density at radius 3 is 2.45 bits per heavy atom. The fourth-order valence-electron chi connectivity index (χ4n) is 1.84. The lowest BCUT2D eigenvalue weighted by molar-refractivity contribution is 0.232. The third kappa shape index (κ3) is 2.58. The molecule has 108 valence electrons. The lowest BCUT2D eigenvalue weighted by Gasteiger charge is -2.15. The number of hydrogen-bond donors (Lipinski definition) is 2. The first kappa shape index (κ1) is 14.7. The number of nitrogen functional groups attached to an aromatic ring is 1. The van der Waals surface area contributed by atoms with Crippen molar-refractivity contribution in [1.29, 1.82) is 0 Å². The molecule has 0 bridgehead atoms. The van der Waals surface area contributed by atoms with Gasteiger partial charge in [0.25, 0.3) is 0 Å². The summed E-state index contributed by atoms with van der Waals surface area (Å²) in [4.78, 5) is 8.64. The van der Waals surface area contributed by atoms with Crippen molar-refractivity contribution in [3.8, 4) is 11.5 Å². The largest absolute Gasteiger partial charge is 0.503 e. The van der Waals surface area contributed by atoms with Gasteiger partial charge in [-0.3, -0.25) is 0 Å². The first-order valence-electron chi connectivity index (χ1n) is 6.46. The number of benzene rings is 1. The Morgan fingerprint density at radius 2 is 1.90 bits per heavy atom. The second kappa shape index (κ2) is 5.32. The minimum Gasteiger partial charge on any atom is -0.503 e. The second-order valence-corrected chi connectivity index (χ2v) is 5.60. The summed E-state index contributed by atoms with van der Waals surface area (Å²) in [6, 6.07) is 1.62. The Morgan fingerprint density at radius 1 is 1.25 bits per heavy atom. The van der Waals surface area contributed by atoms with E-state index in [0.717, 1.165) is 0 Å². The Bertz CT molecular complexity index is 657. The Labute approximate surface area is 122 Å². The number of halogens is 1. The zero-order valence-electron chi connectivity index (χ0n) is 11.9. The highest BCUT2D eigenvalue weighted by atomic mass is 35.5. The first-order chi connectivity index (χ1) is 9.31. The van der Waals surface area contributed by atoms with Crippen LogP contribution in [0.25, 0.3) is 10.9 Å². The Kier molecular flexibility index (Phi) is 3.90. The quantitative estimate of drug-likeness (QED) is 0.906. The highest BCUT2D eigenvalue weighted by Gasteiger charge is 2.18. The van der Waals surface area contributed by atoms with Crippen LogP contribution in [0.15, 0.2) is 6.07 Å². The van der Waals surface area contributed by atoms with E-state index >= 15 is 0 Å². The molecule has 0 aliphatic heterocycles. The van der Waals surface area contributed by atoms with Crippen molar-refractivity contribution in [3.63, 3.8) is 0 Å². The highest BCUT2D eigenvalue weighted by Crippen LogP contribution is 2.41. The minimum absolute atomic E-state index is 0.0912. The molecule has 20 heavy (non-hydrogen) atoms. The number of nitrogens with two attached hydrogens (primary N) is 1. The van der Waals surface area contributed by atoms with Crippen LogP contribution in [0.1, 0.15) is 39.4 Å². The number of aromatic nitrogens is 2. The molecule has 2 rings (SSSR count). The maximum absolute atomic E-state index is 10.1. The molecule has 0 fully saturated rings. The van der Waals surface area contributed by atoms with Gasteiger partial charge in [-0.15, -0.1) is 0 Å². The van der Waals surface area contributed by atoms with Gasteiger partial charge in [-0.25, -0.2) is 9.97 Å². The van der Waals surface area contributed by atoms with Gasteiger partial charge in [-0.05, 0) is 19.9 Å². The van der Waals surface area contributed by atoms with Gasteiger partial charge in [0.2, 0.25) is 0 Å². The Hall–Kier alpha value is -1.75. The molecule has 3 N–H and O–H groups in total. The molecule has 5 nitrogen and oxygen atoms in total. The van der Waals surface area contributed by atoms with E-state index in [-0.39, 0.29) is 28.5 Å². The van der Waals surface area contributed by atoms with E-state index in [0.29, 0.717) is 22.5 Å². The molecule has 0 atom stereocenters. The molecule has 0 amide bonds. The van der Waals surface area contributed by atoms with Crippen LogP contribution in [-0.4, -0.2) is 21.2 Å². The van der Waals surface area contributed by atoms with Crippen molar-refractivity contribution in [2.24, 2.45) is 0 Å². The summed E-state index contributed by atoms with van der Waals surface area (Å²) in [5.41, 5.74) is 6.41. The van der Waals surface area contributed by atoms with Gasteiger partial charge in [0, 0.05) is 11.3 Å². The van der Waals surface area contributed by atoms with Crippen molar-refractivity contribution >= 4 is 28.3 Å². The lowest BCUT2D eigenvalue weighted by atomic mass is 10.1. The molecule has 0 unspecified atom stereocenters. The van der Waals surface area contributed by atoms with Gasteiger partial charge < -0.3 is 15.6 Å². The zero-order valence-corrected chi connectivity index (χ0v) is 12.7. The van der Waals surface area contributed by atoms with Crippen LogP contribution < -0.4 is 10.5 Å². The van der Waals surface area contributed by atoms with E-state index in [1.165, 1.54) is 0 Å². The van der Waals surface area contributed by atoms with Crippen LogP contribution in [0.2, 0.25) is 5.02 Å². The summed E-state index contributed by atoms with van der Waals surface area (Å²) in [5.74, 6) is 1.19. The zero-order chi connectivity index (χ0) is 15.0. The average molecular weight is 296 g/mol. The number of hydrogen-bond acceptors (Lipinski definition) is 5. The van der Waals surface area contributed by atoms with Crippen LogP contribution >= 0.6 is 11.6 Å². The van der Waals surface area contributed by atoms with Gasteiger partial charge >= 0.3 is 0 Å². The standard InChI is InChI=1S/C14H18ClN3O2/c1-6(2)14-17-11-8(13(16)18-14)5-9(20-7(3)4)12(19)10(11)15/h5-7,19H,1-4H3,(H2,16,17,18). The third-order valence-corrected chi connectivity index (χ3v) is 3.15. The fourth-order valence-corrected chi connectivity index (χ4v) is 2.07. The second-order valence-electron chi connectivity index (χ2n) is 5.22. The molecule has 1 heterocycles. The average Bonchev–Trinajstić information content (AvgIpc) is 2.35. The van der Waals surface area contributed by atoms with Crippen LogP contribution in [-0.2, 0) is 0 Å². The minimum atomic E-state index is -0.124. The summed E-state index contributed by atoms with van der Waals surface area (Å²) in [6.45, 7) is 7.65. The maximum atomic E-state index is 10.1. The Balaban J connectivity index is 2.73. The number of aromatic hydroxyl groups is 1. The number of anilines is 1. The summed E-state index contributed by atoms with van der Waals surface area (Å²) >= 11 is 6.19.